The van der Waals surface area contributed by atoms with Crippen LogP contribution in [-0.4, -0.2) is 47.1 Å². The second-order valence-electron chi connectivity index (χ2n) is 7.79. The Bertz CT molecular complexity index is 1170. The number of hydrogen-bond acceptors (Lipinski definition) is 7. The molecular formula is C23H23ClN4O5. The molecule has 0 unspecified atom stereocenters. The number of aryl methyl sites for hydroxylation is 2. The molecule has 0 saturated carbocycles. The van der Waals surface area contributed by atoms with Crippen LogP contribution in [-0.2, 0) is 6.61 Å². The van der Waals surface area contributed by atoms with E-state index in [2.05, 4.69) is 5.16 Å². The van der Waals surface area contributed by atoms with Crippen molar-refractivity contribution in [2.45, 2.75) is 20.5 Å². The summed E-state index contributed by atoms with van der Waals surface area (Å²) >= 11 is 5.92. The van der Waals surface area contributed by atoms with Crippen molar-refractivity contribution in [2.24, 2.45) is 0 Å². The van der Waals surface area contributed by atoms with Crippen LogP contribution in [0.2, 0.25) is 5.02 Å². The zero-order chi connectivity index (χ0) is 23.5. The number of halogens is 1. The Balaban J connectivity index is 1.40. The van der Waals surface area contributed by atoms with Gasteiger partial charge in [0.25, 0.3) is 11.6 Å². The third kappa shape index (κ3) is 4.93. The molecule has 0 aliphatic carbocycles. The van der Waals surface area contributed by atoms with Gasteiger partial charge in [0.15, 0.2) is 0 Å². The number of carbonyl (C=O) groups is 1. The highest BCUT2D eigenvalue weighted by atomic mass is 35.5. The van der Waals surface area contributed by atoms with E-state index in [1.165, 1.54) is 6.07 Å². The molecule has 2 heterocycles. The number of carbonyl (C=O) groups excluding carboxylic acids is 1. The summed E-state index contributed by atoms with van der Waals surface area (Å²) in [6, 6.07) is 11.7. The number of nitrogens with zero attached hydrogens (tertiary/aromatic N) is 4. The molecule has 1 aromatic heterocycles. The molecular weight excluding hydrogens is 448 g/mol. The molecule has 10 heteroatoms. The molecule has 1 fully saturated rings. The fourth-order valence-corrected chi connectivity index (χ4v) is 3.99. The molecule has 3 aromatic rings. The van der Waals surface area contributed by atoms with Gasteiger partial charge in [0, 0.05) is 42.8 Å². The Morgan fingerprint density at radius 1 is 1.18 bits per heavy atom. The number of nitro groups is 1. The van der Waals surface area contributed by atoms with Crippen molar-refractivity contribution in [1.82, 2.24) is 10.1 Å². The summed E-state index contributed by atoms with van der Waals surface area (Å²) in [6.07, 6.45) is 0. The Labute approximate surface area is 195 Å². The maximum Gasteiger partial charge on any atom is 0.294 e. The van der Waals surface area contributed by atoms with Gasteiger partial charge in [0.05, 0.1) is 16.2 Å². The third-order valence-electron chi connectivity index (χ3n) is 5.69. The normalized spacial score (nSPS) is 13.8. The molecule has 1 saturated heterocycles. The molecule has 0 bridgehead atoms. The highest BCUT2D eigenvalue weighted by Crippen LogP contribution is 2.32. The second-order valence-corrected chi connectivity index (χ2v) is 8.23. The van der Waals surface area contributed by atoms with Gasteiger partial charge < -0.3 is 19.1 Å². The summed E-state index contributed by atoms with van der Waals surface area (Å²) in [7, 11) is 0. The Hall–Kier alpha value is -3.59. The van der Waals surface area contributed by atoms with Crippen molar-refractivity contribution in [3.63, 3.8) is 0 Å². The van der Waals surface area contributed by atoms with Crippen LogP contribution in [0.25, 0.3) is 0 Å². The summed E-state index contributed by atoms with van der Waals surface area (Å²) < 4.78 is 11.0. The second kappa shape index (κ2) is 9.50. The topological polar surface area (TPSA) is 102 Å². The summed E-state index contributed by atoms with van der Waals surface area (Å²) in [5.41, 5.74) is 2.66. The van der Waals surface area contributed by atoms with Crippen LogP contribution < -0.4 is 9.64 Å². The number of aromatic nitrogens is 1. The van der Waals surface area contributed by atoms with E-state index in [1.54, 1.807) is 41.3 Å². The molecule has 2 aromatic carbocycles. The number of amides is 1. The van der Waals surface area contributed by atoms with Gasteiger partial charge in [-0.3, -0.25) is 14.9 Å². The number of rotatable bonds is 6. The average molecular weight is 471 g/mol. The van der Waals surface area contributed by atoms with Crippen molar-refractivity contribution in [2.75, 3.05) is 31.1 Å². The molecule has 0 atom stereocenters. The van der Waals surface area contributed by atoms with Gasteiger partial charge in [-0.25, -0.2) is 0 Å². The van der Waals surface area contributed by atoms with Crippen LogP contribution in [0, 0.1) is 24.0 Å². The number of piperazine rings is 1. The van der Waals surface area contributed by atoms with Crippen LogP contribution in [0.5, 0.6) is 5.75 Å². The minimum atomic E-state index is -0.438. The van der Waals surface area contributed by atoms with Gasteiger partial charge in [0.1, 0.15) is 23.8 Å². The maximum atomic E-state index is 13.1. The molecule has 0 N–H and O–H groups in total. The molecule has 1 aliphatic rings. The summed E-state index contributed by atoms with van der Waals surface area (Å²) in [5, 5.41) is 15.6. The van der Waals surface area contributed by atoms with Crippen LogP contribution in [0.4, 0.5) is 11.4 Å². The van der Waals surface area contributed by atoms with E-state index in [0.29, 0.717) is 60.6 Å². The van der Waals surface area contributed by atoms with Crippen molar-refractivity contribution >= 4 is 28.9 Å². The number of benzene rings is 2. The zero-order valence-electron chi connectivity index (χ0n) is 18.3. The van der Waals surface area contributed by atoms with Crippen LogP contribution >= 0.6 is 11.6 Å². The highest BCUT2D eigenvalue weighted by molar-refractivity contribution is 6.30. The lowest BCUT2D eigenvalue weighted by Crippen LogP contribution is -2.49. The number of nitro benzene ring substituents is 1. The van der Waals surface area contributed by atoms with Crippen LogP contribution in [0.1, 0.15) is 27.4 Å². The molecule has 172 valence electrons. The Morgan fingerprint density at radius 3 is 2.61 bits per heavy atom. The lowest BCUT2D eigenvalue weighted by Gasteiger charge is -2.35. The van der Waals surface area contributed by atoms with Crippen molar-refractivity contribution < 1.29 is 19.0 Å². The fraction of sp³-hybridized carbons (Fsp3) is 0.304. The molecule has 0 spiro atoms. The van der Waals surface area contributed by atoms with E-state index in [4.69, 9.17) is 20.9 Å². The van der Waals surface area contributed by atoms with E-state index in [9.17, 15) is 14.9 Å². The first-order chi connectivity index (χ1) is 15.8. The average Bonchev–Trinajstić information content (AvgIpc) is 3.14. The van der Waals surface area contributed by atoms with Gasteiger partial charge in [0.2, 0.25) is 0 Å². The quantitative estimate of drug-likeness (QED) is 0.388. The summed E-state index contributed by atoms with van der Waals surface area (Å²) in [4.78, 5) is 27.7. The maximum absolute atomic E-state index is 13.1. The monoisotopic (exact) mass is 470 g/mol. The van der Waals surface area contributed by atoms with E-state index in [0.717, 1.165) is 11.3 Å². The summed E-state index contributed by atoms with van der Waals surface area (Å²) in [5.74, 6) is 1.18. The van der Waals surface area contributed by atoms with Gasteiger partial charge >= 0.3 is 0 Å². The Kier molecular flexibility index (Phi) is 6.50. The lowest BCUT2D eigenvalue weighted by atomic mass is 10.1. The van der Waals surface area contributed by atoms with E-state index in [1.807, 2.05) is 18.7 Å². The zero-order valence-corrected chi connectivity index (χ0v) is 19.0. The minimum absolute atomic E-state index is 0.0366. The van der Waals surface area contributed by atoms with Crippen LogP contribution in [0.15, 0.2) is 47.0 Å². The van der Waals surface area contributed by atoms with Crippen molar-refractivity contribution in [3.05, 3.63) is 80.2 Å². The highest BCUT2D eigenvalue weighted by Gasteiger charge is 2.26. The first kappa shape index (κ1) is 22.6. The fourth-order valence-electron chi connectivity index (χ4n) is 3.83. The molecule has 1 aliphatic heterocycles. The van der Waals surface area contributed by atoms with Crippen molar-refractivity contribution in [3.8, 4) is 5.75 Å². The molecule has 1 amide bonds. The van der Waals surface area contributed by atoms with Gasteiger partial charge in [-0.15, -0.1) is 0 Å². The minimum Gasteiger partial charge on any atom is -0.489 e. The van der Waals surface area contributed by atoms with Crippen molar-refractivity contribution in [1.29, 1.82) is 0 Å². The van der Waals surface area contributed by atoms with E-state index < -0.39 is 4.92 Å². The van der Waals surface area contributed by atoms with E-state index in [-0.39, 0.29) is 11.6 Å². The summed E-state index contributed by atoms with van der Waals surface area (Å²) in [6.45, 7) is 5.85. The predicted octanol–water partition coefficient (Wildman–Crippen LogP) is 4.39. The SMILES string of the molecule is Cc1noc(C)c1COc1cccc(C(=O)N2CCN(c3ccc(Cl)cc3[N+](=O)[O-])CC2)c1. The predicted molar refractivity (Wildman–Crippen MR) is 123 cm³/mol. The van der Waals surface area contributed by atoms with Gasteiger partial charge in [-0.2, -0.15) is 0 Å². The molecule has 9 nitrogen and oxygen atoms in total. The number of ether oxygens (including phenoxy) is 1. The number of hydrogen-bond donors (Lipinski definition) is 0. The lowest BCUT2D eigenvalue weighted by molar-refractivity contribution is -0.384. The van der Waals surface area contributed by atoms with Gasteiger partial charge in [-0.05, 0) is 44.2 Å². The molecule has 0 radical (unpaired) electrons. The first-order valence-corrected chi connectivity index (χ1v) is 10.8. The smallest absolute Gasteiger partial charge is 0.294 e. The van der Waals surface area contributed by atoms with Gasteiger partial charge in [-0.1, -0.05) is 22.8 Å². The van der Waals surface area contributed by atoms with E-state index >= 15 is 0 Å². The number of anilines is 1. The standard InChI is InChI=1S/C23H23ClN4O5/c1-15-20(16(2)33-25-15)14-32-19-5-3-4-17(12-19)23(29)27-10-8-26(9-11-27)21-7-6-18(24)13-22(21)28(30)31/h3-7,12-13H,8-11,14H2,1-2H3. The van der Waals surface area contributed by atoms with Crippen LogP contribution in [0.3, 0.4) is 0 Å². The third-order valence-corrected chi connectivity index (χ3v) is 5.92. The Morgan fingerprint density at radius 2 is 1.94 bits per heavy atom. The molecule has 4 rings (SSSR count). The first-order valence-electron chi connectivity index (χ1n) is 10.5. The largest absolute Gasteiger partial charge is 0.489 e. The molecule has 33 heavy (non-hydrogen) atoms.